The zero-order chi connectivity index (χ0) is 17.2. The van der Waals surface area contributed by atoms with E-state index in [2.05, 4.69) is 31.9 Å². The number of imidazole rings is 1. The molecule has 0 aliphatic carbocycles. The highest BCUT2D eigenvalue weighted by molar-refractivity contribution is 5.92. The third kappa shape index (κ3) is 3.61. The molecule has 2 aromatic rings. The van der Waals surface area contributed by atoms with Gasteiger partial charge in [-0.15, -0.1) is 0 Å². The third-order valence-corrected chi connectivity index (χ3v) is 5.46. The van der Waals surface area contributed by atoms with Gasteiger partial charge < -0.3 is 9.88 Å². The number of anilines is 1. The van der Waals surface area contributed by atoms with Gasteiger partial charge in [-0.3, -0.25) is 9.69 Å². The van der Waals surface area contributed by atoms with Crippen molar-refractivity contribution in [2.45, 2.75) is 45.7 Å². The van der Waals surface area contributed by atoms with Crippen molar-refractivity contribution in [2.75, 3.05) is 18.4 Å². The van der Waals surface area contributed by atoms with Crippen LogP contribution in [0.25, 0.3) is 0 Å². The Bertz CT molecular complexity index is 761. The molecule has 0 spiro atoms. The molecule has 1 fully saturated rings. The SMILES string of the molecule is Cc1ncc2n1CC(C(=O)Nc1cccc(CN3CCCC3)c1)CC2. The van der Waals surface area contributed by atoms with Crippen molar-refractivity contribution in [3.63, 3.8) is 0 Å². The topological polar surface area (TPSA) is 50.2 Å². The second-order valence-corrected chi connectivity index (χ2v) is 7.32. The highest BCUT2D eigenvalue weighted by atomic mass is 16.1. The molecule has 3 heterocycles. The number of benzene rings is 1. The number of amides is 1. The maximum atomic E-state index is 12.7. The molecule has 1 unspecified atom stereocenters. The van der Waals surface area contributed by atoms with Gasteiger partial charge in [0.25, 0.3) is 0 Å². The molecule has 5 heteroatoms. The van der Waals surface area contributed by atoms with Crippen molar-refractivity contribution >= 4 is 11.6 Å². The largest absolute Gasteiger partial charge is 0.331 e. The van der Waals surface area contributed by atoms with E-state index >= 15 is 0 Å². The predicted molar refractivity (Wildman–Crippen MR) is 98.4 cm³/mol. The van der Waals surface area contributed by atoms with Gasteiger partial charge in [0, 0.05) is 30.7 Å². The Labute approximate surface area is 149 Å². The van der Waals surface area contributed by atoms with Crippen molar-refractivity contribution in [1.29, 1.82) is 0 Å². The number of nitrogens with zero attached hydrogens (tertiary/aromatic N) is 3. The van der Waals surface area contributed by atoms with E-state index in [1.165, 1.54) is 37.2 Å². The summed E-state index contributed by atoms with van der Waals surface area (Å²) in [6, 6.07) is 8.30. The number of nitrogens with one attached hydrogen (secondary N) is 1. The standard InChI is InChI=1S/C20H26N4O/c1-15-21-12-19-8-7-17(14-24(15)19)20(25)22-18-6-4-5-16(11-18)13-23-9-2-3-10-23/h4-6,11-12,17H,2-3,7-10,13-14H2,1H3,(H,22,25). The van der Waals surface area contributed by atoms with Crippen LogP contribution in [0.2, 0.25) is 0 Å². The summed E-state index contributed by atoms with van der Waals surface area (Å²) in [6.45, 7) is 6.09. The molecule has 1 N–H and O–H groups in total. The third-order valence-electron chi connectivity index (χ3n) is 5.46. The summed E-state index contributed by atoms with van der Waals surface area (Å²) in [6.07, 6.45) is 6.35. The number of likely N-dealkylation sites (tertiary alicyclic amines) is 1. The van der Waals surface area contributed by atoms with E-state index < -0.39 is 0 Å². The summed E-state index contributed by atoms with van der Waals surface area (Å²) in [7, 11) is 0. The van der Waals surface area contributed by atoms with Gasteiger partial charge >= 0.3 is 0 Å². The van der Waals surface area contributed by atoms with Crippen LogP contribution in [0.15, 0.2) is 30.5 Å². The first-order valence-corrected chi connectivity index (χ1v) is 9.32. The van der Waals surface area contributed by atoms with Crippen LogP contribution in [0.5, 0.6) is 0 Å². The second kappa shape index (κ2) is 7.00. The molecule has 1 aromatic carbocycles. The van der Waals surface area contributed by atoms with Crippen LogP contribution in [0.4, 0.5) is 5.69 Å². The number of hydrogen-bond donors (Lipinski definition) is 1. The zero-order valence-corrected chi connectivity index (χ0v) is 14.9. The average molecular weight is 338 g/mol. The molecule has 132 valence electrons. The van der Waals surface area contributed by atoms with Gasteiger partial charge in [-0.2, -0.15) is 0 Å². The fourth-order valence-electron chi connectivity index (χ4n) is 4.00. The molecule has 1 saturated heterocycles. The van der Waals surface area contributed by atoms with E-state index in [4.69, 9.17) is 0 Å². The monoisotopic (exact) mass is 338 g/mol. The van der Waals surface area contributed by atoms with Crippen molar-refractivity contribution in [3.8, 4) is 0 Å². The van der Waals surface area contributed by atoms with Gasteiger partial charge in [-0.1, -0.05) is 12.1 Å². The lowest BCUT2D eigenvalue weighted by molar-refractivity contribution is -0.120. The van der Waals surface area contributed by atoms with E-state index in [9.17, 15) is 4.79 Å². The Kier molecular flexibility index (Phi) is 4.57. The molecule has 2 aliphatic rings. The van der Waals surface area contributed by atoms with Crippen LogP contribution in [-0.2, 0) is 24.3 Å². The van der Waals surface area contributed by atoms with E-state index in [1.807, 2.05) is 25.3 Å². The van der Waals surface area contributed by atoms with Gasteiger partial charge in [0.15, 0.2) is 0 Å². The van der Waals surface area contributed by atoms with Gasteiger partial charge in [-0.25, -0.2) is 4.98 Å². The van der Waals surface area contributed by atoms with Crippen molar-refractivity contribution < 1.29 is 4.79 Å². The van der Waals surface area contributed by atoms with Crippen molar-refractivity contribution in [2.24, 2.45) is 5.92 Å². The summed E-state index contributed by atoms with van der Waals surface area (Å²) >= 11 is 0. The van der Waals surface area contributed by atoms with Gasteiger partial charge in [-0.05, 0) is 63.4 Å². The molecule has 0 bridgehead atoms. The summed E-state index contributed by atoms with van der Waals surface area (Å²) < 4.78 is 2.18. The van der Waals surface area contributed by atoms with Crippen LogP contribution in [0.3, 0.4) is 0 Å². The van der Waals surface area contributed by atoms with Crippen molar-refractivity contribution in [3.05, 3.63) is 47.5 Å². The molecule has 5 nitrogen and oxygen atoms in total. The van der Waals surface area contributed by atoms with Crippen LogP contribution in [-0.4, -0.2) is 33.4 Å². The lowest BCUT2D eigenvalue weighted by Crippen LogP contribution is -2.31. The molecule has 0 saturated carbocycles. The Balaban J connectivity index is 1.40. The molecular weight excluding hydrogens is 312 g/mol. The van der Waals surface area contributed by atoms with E-state index in [0.717, 1.165) is 37.4 Å². The number of rotatable bonds is 4. The average Bonchev–Trinajstić information content (AvgIpc) is 3.25. The minimum atomic E-state index is 0.0163. The molecule has 0 radical (unpaired) electrons. The number of carbonyl (C=O) groups is 1. The lowest BCUT2D eigenvalue weighted by atomic mass is 9.97. The van der Waals surface area contributed by atoms with Crippen LogP contribution < -0.4 is 5.32 Å². The minimum absolute atomic E-state index is 0.0163. The van der Waals surface area contributed by atoms with Crippen LogP contribution >= 0.6 is 0 Å². The number of hydrogen-bond acceptors (Lipinski definition) is 3. The van der Waals surface area contributed by atoms with Crippen molar-refractivity contribution in [1.82, 2.24) is 14.5 Å². The molecule has 25 heavy (non-hydrogen) atoms. The number of aromatic nitrogens is 2. The normalized spacial score (nSPS) is 20.4. The summed E-state index contributed by atoms with van der Waals surface area (Å²) in [5, 5.41) is 3.13. The maximum Gasteiger partial charge on any atom is 0.229 e. The van der Waals surface area contributed by atoms with E-state index in [-0.39, 0.29) is 11.8 Å². The summed E-state index contributed by atoms with van der Waals surface area (Å²) in [5.41, 5.74) is 3.43. The first kappa shape index (κ1) is 16.3. The number of aryl methyl sites for hydroxylation is 2. The van der Waals surface area contributed by atoms with E-state index in [0.29, 0.717) is 0 Å². The Morgan fingerprint density at radius 2 is 2.16 bits per heavy atom. The zero-order valence-electron chi connectivity index (χ0n) is 14.9. The lowest BCUT2D eigenvalue weighted by Gasteiger charge is -2.24. The molecule has 1 amide bonds. The molecular formula is C20H26N4O. The Morgan fingerprint density at radius 1 is 1.32 bits per heavy atom. The quantitative estimate of drug-likeness (QED) is 0.932. The first-order chi connectivity index (χ1) is 12.2. The number of fused-ring (bicyclic) bond motifs is 1. The minimum Gasteiger partial charge on any atom is -0.331 e. The predicted octanol–water partition coefficient (Wildman–Crippen LogP) is 2.99. The summed E-state index contributed by atoms with van der Waals surface area (Å²) in [5.74, 6) is 1.14. The first-order valence-electron chi connectivity index (χ1n) is 9.32. The van der Waals surface area contributed by atoms with Crippen LogP contribution in [0.1, 0.15) is 36.3 Å². The molecule has 1 aromatic heterocycles. The molecule has 1 atom stereocenters. The maximum absolute atomic E-state index is 12.7. The molecule has 4 rings (SSSR count). The summed E-state index contributed by atoms with van der Waals surface area (Å²) in [4.78, 5) is 19.6. The van der Waals surface area contributed by atoms with Gasteiger partial charge in [0.1, 0.15) is 5.82 Å². The second-order valence-electron chi connectivity index (χ2n) is 7.32. The van der Waals surface area contributed by atoms with Gasteiger partial charge in [0.2, 0.25) is 5.91 Å². The fourth-order valence-corrected chi connectivity index (χ4v) is 4.00. The fraction of sp³-hybridized carbons (Fsp3) is 0.500. The highest BCUT2D eigenvalue weighted by Crippen LogP contribution is 2.23. The molecule has 2 aliphatic heterocycles. The van der Waals surface area contributed by atoms with Gasteiger partial charge in [0.05, 0.1) is 5.92 Å². The number of carbonyl (C=O) groups excluding carboxylic acids is 1. The van der Waals surface area contributed by atoms with E-state index in [1.54, 1.807) is 0 Å². The Hall–Kier alpha value is -2.14. The van der Waals surface area contributed by atoms with Crippen LogP contribution in [0, 0.1) is 12.8 Å². The highest BCUT2D eigenvalue weighted by Gasteiger charge is 2.26. The smallest absolute Gasteiger partial charge is 0.229 e. The Morgan fingerprint density at radius 3 is 3.00 bits per heavy atom.